The number of rotatable bonds is 5. The number of hydrogen-bond acceptors (Lipinski definition) is 3. The molecule has 0 saturated heterocycles. The van der Waals surface area contributed by atoms with Gasteiger partial charge in [0.2, 0.25) is 0 Å². The fraction of sp³-hybridized carbons (Fsp3) is 0.636. The van der Waals surface area contributed by atoms with Crippen molar-refractivity contribution in [2.75, 3.05) is 11.9 Å². The van der Waals surface area contributed by atoms with Gasteiger partial charge >= 0.3 is 0 Å². The second-order valence-corrected chi connectivity index (χ2v) is 4.04. The molecule has 0 atom stereocenters. The number of aromatic nitrogens is 2. The Hall–Kier alpha value is -1.32. The Bertz CT molecular complexity index is 357. The van der Waals surface area contributed by atoms with Crippen molar-refractivity contribution < 1.29 is 0 Å². The number of nitrogens with one attached hydrogen (secondary N) is 2. The van der Waals surface area contributed by atoms with Crippen molar-refractivity contribution in [1.82, 2.24) is 9.97 Å². The van der Waals surface area contributed by atoms with Crippen molar-refractivity contribution in [1.29, 1.82) is 0 Å². The SMILES string of the molecule is CCc1nc(NCCC(C)C)cc(=O)[nH]1. The first-order chi connectivity index (χ1) is 7.11. The smallest absolute Gasteiger partial charge is 0.252 e. The molecule has 0 aliphatic rings. The van der Waals surface area contributed by atoms with Crippen LogP contribution in [-0.4, -0.2) is 16.5 Å². The van der Waals surface area contributed by atoms with Gasteiger partial charge in [-0.3, -0.25) is 4.79 Å². The lowest BCUT2D eigenvalue weighted by Gasteiger charge is -2.07. The standard InChI is InChI=1S/C11H19N3O/c1-4-9-13-10(7-11(15)14-9)12-6-5-8(2)3/h7-8H,4-6H2,1-3H3,(H2,12,13,14,15). The topological polar surface area (TPSA) is 57.8 Å². The number of aromatic amines is 1. The van der Waals surface area contributed by atoms with Crippen LogP contribution in [0.2, 0.25) is 0 Å². The number of aryl methyl sites for hydroxylation is 1. The fourth-order valence-electron chi connectivity index (χ4n) is 1.26. The van der Waals surface area contributed by atoms with E-state index in [9.17, 15) is 4.79 Å². The Morgan fingerprint density at radius 2 is 2.27 bits per heavy atom. The molecule has 1 rings (SSSR count). The van der Waals surface area contributed by atoms with Crippen molar-refractivity contribution in [3.63, 3.8) is 0 Å². The minimum absolute atomic E-state index is 0.0890. The molecule has 4 heteroatoms. The van der Waals surface area contributed by atoms with Crippen molar-refractivity contribution in [3.05, 3.63) is 22.2 Å². The molecule has 0 saturated carbocycles. The molecule has 0 aliphatic carbocycles. The highest BCUT2D eigenvalue weighted by molar-refractivity contribution is 5.32. The Morgan fingerprint density at radius 3 is 2.87 bits per heavy atom. The molecule has 2 N–H and O–H groups in total. The Morgan fingerprint density at radius 1 is 1.53 bits per heavy atom. The highest BCUT2D eigenvalue weighted by atomic mass is 16.1. The molecule has 0 amide bonds. The predicted molar refractivity (Wildman–Crippen MR) is 62.2 cm³/mol. The molecule has 0 spiro atoms. The van der Waals surface area contributed by atoms with Gasteiger partial charge in [0, 0.05) is 19.0 Å². The van der Waals surface area contributed by atoms with E-state index >= 15 is 0 Å². The van der Waals surface area contributed by atoms with E-state index in [0.717, 1.165) is 25.2 Å². The van der Waals surface area contributed by atoms with Crippen LogP contribution in [0, 0.1) is 5.92 Å². The van der Waals surface area contributed by atoms with Crippen LogP contribution < -0.4 is 10.9 Å². The van der Waals surface area contributed by atoms with Gasteiger partial charge in [-0.25, -0.2) is 4.98 Å². The van der Waals surface area contributed by atoms with E-state index in [4.69, 9.17) is 0 Å². The van der Waals surface area contributed by atoms with Gasteiger partial charge < -0.3 is 10.3 Å². The minimum Gasteiger partial charge on any atom is -0.370 e. The van der Waals surface area contributed by atoms with Crippen molar-refractivity contribution in [2.45, 2.75) is 33.6 Å². The Kier molecular flexibility index (Phi) is 4.34. The molecule has 1 aromatic heterocycles. The zero-order valence-corrected chi connectivity index (χ0v) is 9.63. The van der Waals surface area contributed by atoms with E-state index in [2.05, 4.69) is 29.1 Å². The summed E-state index contributed by atoms with van der Waals surface area (Å²) in [6, 6.07) is 1.50. The second-order valence-electron chi connectivity index (χ2n) is 4.04. The van der Waals surface area contributed by atoms with Crippen LogP contribution in [0.25, 0.3) is 0 Å². The summed E-state index contributed by atoms with van der Waals surface area (Å²) in [5, 5.41) is 3.16. The van der Waals surface area contributed by atoms with Crippen LogP contribution in [0.3, 0.4) is 0 Å². The maximum absolute atomic E-state index is 11.2. The average molecular weight is 209 g/mol. The lowest BCUT2D eigenvalue weighted by Crippen LogP contribution is -2.14. The lowest BCUT2D eigenvalue weighted by atomic mass is 10.1. The predicted octanol–water partition coefficient (Wildman–Crippen LogP) is 1.79. The summed E-state index contributed by atoms with van der Waals surface area (Å²) in [5.74, 6) is 2.07. The van der Waals surface area contributed by atoms with Crippen LogP contribution in [-0.2, 0) is 6.42 Å². The minimum atomic E-state index is -0.0890. The Balaban J connectivity index is 2.60. The molecular formula is C11H19N3O. The molecule has 1 heterocycles. The highest BCUT2D eigenvalue weighted by Crippen LogP contribution is 2.02. The number of hydrogen-bond donors (Lipinski definition) is 2. The summed E-state index contributed by atoms with van der Waals surface area (Å²) >= 11 is 0. The third-order valence-corrected chi connectivity index (χ3v) is 2.15. The summed E-state index contributed by atoms with van der Waals surface area (Å²) < 4.78 is 0. The molecule has 4 nitrogen and oxygen atoms in total. The van der Waals surface area contributed by atoms with Gasteiger partial charge in [-0.1, -0.05) is 20.8 Å². The van der Waals surface area contributed by atoms with E-state index in [-0.39, 0.29) is 5.56 Å². The third kappa shape index (κ3) is 4.14. The summed E-state index contributed by atoms with van der Waals surface area (Å²) in [7, 11) is 0. The second kappa shape index (κ2) is 5.53. The molecular weight excluding hydrogens is 190 g/mol. The maximum atomic E-state index is 11.2. The maximum Gasteiger partial charge on any atom is 0.252 e. The first-order valence-electron chi connectivity index (χ1n) is 5.46. The molecule has 1 aromatic rings. The number of H-pyrrole nitrogens is 1. The molecule has 0 aliphatic heterocycles. The highest BCUT2D eigenvalue weighted by Gasteiger charge is 1.99. The first kappa shape index (κ1) is 11.8. The van der Waals surface area contributed by atoms with Gasteiger partial charge in [-0.2, -0.15) is 0 Å². The summed E-state index contributed by atoms with van der Waals surface area (Å²) in [5.41, 5.74) is -0.0890. The van der Waals surface area contributed by atoms with Gasteiger partial charge in [0.1, 0.15) is 11.6 Å². The van der Waals surface area contributed by atoms with Crippen LogP contribution in [0.4, 0.5) is 5.82 Å². The van der Waals surface area contributed by atoms with Gasteiger partial charge in [0.05, 0.1) is 0 Å². The van der Waals surface area contributed by atoms with Crippen LogP contribution in [0.5, 0.6) is 0 Å². The lowest BCUT2D eigenvalue weighted by molar-refractivity contribution is 0.606. The average Bonchev–Trinajstić information content (AvgIpc) is 2.16. The largest absolute Gasteiger partial charge is 0.370 e. The molecule has 0 aromatic carbocycles. The van der Waals surface area contributed by atoms with E-state index in [1.54, 1.807) is 0 Å². The normalized spacial score (nSPS) is 10.7. The van der Waals surface area contributed by atoms with Gasteiger partial charge in [-0.15, -0.1) is 0 Å². The van der Waals surface area contributed by atoms with E-state index < -0.39 is 0 Å². The van der Waals surface area contributed by atoms with Gasteiger partial charge in [0.25, 0.3) is 5.56 Å². The van der Waals surface area contributed by atoms with Crippen molar-refractivity contribution in [3.8, 4) is 0 Å². The first-order valence-corrected chi connectivity index (χ1v) is 5.46. The van der Waals surface area contributed by atoms with E-state index in [0.29, 0.717) is 11.7 Å². The molecule has 0 bridgehead atoms. The van der Waals surface area contributed by atoms with E-state index in [1.807, 2.05) is 6.92 Å². The van der Waals surface area contributed by atoms with Gasteiger partial charge in [0.15, 0.2) is 0 Å². The van der Waals surface area contributed by atoms with E-state index in [1.165, 1.54) is 6.07 Å². The van der Waals surface area contributed by atoms with Crippen LogP contribution in [0.1, 0.15) is 33.0 Å². The van der Waals surface area contributed by atoms with Crippen molar-refractivity contribution in [2.24, 2.45) is 5.92 Å². The molecule has 0 unspecified atom stereocenters. The monoisotopic (exact) mass is 209 g/mol. The fourth-order valence-corrected chi connectivity index (χ4v) is 1.26. The number of nitrogens with zero attached hydrogens (tertiary/aromatic N) is 1. The zero-order valence-electron chi connectivity index (χ0n) is 9.63. The summed E-state index contributed by atoms with van der Waals surface area (Å²) in [6.07, 6.45) is 1.82. The number of anilines is 1. The van der Waals surface area contributed by atoms with Crippen LogP contribution in [0.15, 0.2) is 10.9 Å². The Labute approximate surface area is 90.1 Å². The summed E-state index contributed by atoms with van der Waals surface area (Å²) in [4.78, 5) is 18.2. The van der Waals surface area contributed by atoms with Gasteiger partial charge in [-0.05, 0) is 12.3 Å². The summed E-state index contributed by atoms with van der Waals surface area (Å²) in [6.45, 7) is 7.17. The zero-order chi connectivity index (χ0) is 11.3. The molecule has 15 heavy (non-hydrogen) atoms. The molecule has 84 valence electrons. The molecule has 0 radical (unpaired) electrons. The third-order valence-electron chi connectivity index (χ3n) is 2.15. The molecule has 0 fully saturated rings. The van der Waals surface area contributed by atoms with Crippen molar-refractivity contribution >= 4 is 5.82 Å². The van der Waals surface area contributed by atoms with Crippen LogP contribution >= 0.6 is 0 Å². The quantitative estimate of drug-likeness (QED) is 0.777.